The molecule has 0 bridgehead atoms. The zero-order valence-electron chi connectivity index (χ0n) is 8.47. The van der Waals surface area contributed by atoms with E-state index in [1.54, 1.807) is 0 Å². The van der Waals surface area contributed by atoms with Crippen molar-refractivity contribution in [1.82, 2.24) is 0 Å². The molecule has 1 N–H and O–H groups in total. The Morgan fingerprint density at radius 3 is 2.93 bits per heavy atom. The highest BCUT2D eigenvalue weighted by Gasteiger charge is 2.03. The molecule has 0 aliphatic carbocycles. The van der Waals surface area contributed by atoms with Crippen LogP contribution >= 0.6 is 0 Å². The number of rotatable bonds is 2. The smallest absolute Gasteiger partial charge is 0.161 e. The Balaban J connectivity index is 2.39. The molecule has 0 fully saturated rings. The summed E-state index contributed by atoms with van der Waals surface area (Å²) in [4.78, 5) is 0. The van der Waals surface area contributed by atoms with Crippen molar-refractivity contribution in [3.8, 4) is 5.75 Å². The molecule has 15 heavy (non-hydrogen) atoms. The third-order valence-corrected chi connectivity index (χ3v) is 2.17. The van der Waals surface area contributed by atoms with Gasteiger partial charge in [0, 0.05) is 0 Å². The fraction of sp³-hybridized carbons (Fsp3) is 0.0769. The highest BCUT2D eigenvalue weighted by Crippen LogP contribution is 2.27. The summed E-state index contributed by atoms with van der Waals surface area (Å²) in [7, 11) is 0. The van der Waals surface area contributed by atoms with Crippen molar-refractivity contribution in [3.63, 3.8) is 0 Å². The summed E-state index contributed by atoms with van der Waals surface area (Å²) in [6.45, 7) is 1.97. The molecule has 0 aliphatic heterocycles. The minimum atomic E-state index is 0.189. The van der Waals surface area contributed by atoms with E-state index in [-0.39, 0.29) is 5.75 Å². The van der Waals surface area contributed by atoms with Gasteiger partial charge in [-0.15, -0.1) is 0 Å². The topological polar surface area (TPSA) is 33.4 Å². The van der Waals surface area contributed by atoms with E-state index in [1.165, 1.54) is 6.26 Å². The van der Waals surface area contributed by atoms with E-state index in [9.17, 15) is 5.11 Å². The van der Waals surface area contributed by atoms with Crippen LogP contribution in [0.1, 0.15) is 12.5 Å². The van der Waals surface area contributed by atoms with E-state index in [0.717, 1.165) is 10.9 Å². The van der Waals surface area contributed by atoms with Crippen LogP contribution in [-0.2, 0) is 0 Å². The average Bonchev–Trinajstić information content (AvgIpc) is 2.61. The summed E-state index contributed by atoms with van der Waals surface area (Å²) in [5.74, 6) is 0.189. The minimum absolute atomic E-state index is 0.189. The fourth-order valence-corrected chi connectivity index (χ4v) is 1.41. The summed E-state index contributed by atoms with van der Waals surface area (Å²) in [6.07, 6.45) is 9.23. The minimum Gasteiger partial charge on any atom is -0.504 e. The Bertz CT molecular complexity index is 518. The molecular formula is C13H12O2. The number of hydrogen-bond donors (Lipinski definition) is 1. The number of allylic oxidation sites excluding steroid dienone is 3. The van der Waals surface area contributed by atoms with Crippen molar-refractivity contribution in [2.75, 3.05) is 0 Å². The third-order valence-electron chi connectivity index (χ3n) is 2.17. The molecule has 2 rings (SSSR count). The molecule has 0 atom stereocenters. The van der Waals surface area contributed by atoms with Gasteiger partial charge >= 0.3 is 0 Å². The molecule has 2 nitrogen and oxygen atoms in total. The first kappa shape index (κ1) is 9.59. The van der Waals surface area contributed by atoms with Gasteiger partial charge in [-0.25, -0.2) is 0 Å². The largest absolute Gasteiger partial charge is 0.504 e. The zero-order valence-corrected chi connectivity index (χ0v) is 8.47. The van der Waals surface area contributed by atoms with E-state index in [2.05, 4.69) is 0 Å². The van der Waals surface area contributed by atoms with Gasteiger partial charge in [-0.3, -0.25) is 0 Å². The lowest BCUT2D eigenvalue weighted by Gasteiger charge is -1.92. The second-order valence-corrected chi connectivity index (χ2v) is 3.26. The van der Waals surface area contributed by atoms with Gasteiger partial charge in [-0.05, 0) is 24.6 Å². The van der Waals surface area contributed by atoms with Crippen LogP contribution in [0, 0.1) is 0 Å². The maximum Gasteiger partial charge on any atom is 0.161 e. The van der Waals surface area contributed by atoms with Crippen molar-refractivity contribution in [1.29, 1.82) is 0 Å². The zero-order chi connectivity index (χ0) is 10.7. The maximum atomic E-state index is 9.39. The Morgan fingerprint density at radius 1 is 1.27 bits per heavy atom. The standard InChI is InChI=1S/C13H12O2/c1-2-3-4-5-10-6-7-11-12(14)9-15-13(11)8-10/h2-9,14H,1H3. The molecule has 2 aromatic rings. The van der Waals surface area contributed by atoms with Crippen LogP contribution in [0.5, 0.6) is 5.75 Å². The van der Waals surface area contributed by atoms with Crippen LogP contribution < -0.4 is 0 Å². The summed E-state index contributed by atoms with van der Waals surface area (Å²) in [5, 5.41) is 10.1. The van der Waals surface area contributed by atoms with Crippen LogP contribution in [0.3, 0.4) is 0 Å². The van der Waals surface area contributed by atoms with Gasteiger partial charge in [-0.1, -0.05) is 30.4 Å². The molecule has 0 aliphatic rings. The Labute approximate surface area is 88.1 Å². The second-order valence-electron chi connectivity index (χ2n) is 3.26. The van der Waals surface area contributed by atoms with Crippen molar-refractivity contribution in [2.24, 2.45) is 0 Å². The van der Waals surface area contributed by atoms with E-state index >= 15 is 0 Å². The van der Waals surface area contributed by atoms with Gasteiger partial charge in [0.1, 0.15) is 11.8 Å². The predicted molar refractivity (Wildman–Crippen MR) is 61.7 cm³/mol. The van der Waals surface area contributed by atoms with Crippen molar-refractivity contribution in [2.45, 2.75) is 6.92 Å². The molecule has 1 aromatic heterocycles. The molecular weight excluding hydrogens is 188 g/mol. The third kappa shape index (κ3) is 1.94. The first-order valence-electron chi connectivity index (χ1n) is 4.81. The number of furan rings is 1. The Hall–Kier alpha value is -1.96. The van der Waals surface area contributed by atoms with Gasteiger partial charge in [0.15, 0.2) is 5.75 Å². The summed E-state index contributed by atoms with van der Waals surface area (Å²) in [5.41, 5.74) is 1.75. The van der Waals surface area contributed by atoms with Gasteiger partial charge in [-0.2, -0.15) is 0 Å². The molecule has 0 saturated heterocycles. The van der Waals surface area contributed by atoms with Gasteiger partial charge in [0.25, 0.3) is 0 Å². The molecule has 76 valence electrons. The monoisotopic (exact) mass is 200 g/mol. The molecule has 1 aromatic carbocycles. The summed E-state index contributed by atoms with van der Waals surface area (Å²) < 4.78 is 5.19. The molecule has 0 radical (unpaired) electrons. The highest BCUT2D eigenvalue weighted by atomic mass is 16.4. The first-order chi connectivity index (χ1) is 7.31. The van der Waals surface area contributed by atoms with Crippen molar-refractivity contribution in [3.05, 3.63) is 48.3 Å². The van der Waals surface area contributed by atoms with Crippen LogP contribution in [0.25, 0.3) is 17.0 Å². The number of benzene rings is 1. The molecule has 2 heteroatoms. The van der Waals surface area contributed by atoms with E-state index in [4.69, 9.17) is 4.42 Å². The molecule has 0 unspecified atom stereocenters. The Morgan fingerprint density at radius 2 is 2.13 bits per heavy atom. The highest BCUT2D eigenvalue weighted by molar-refractivity contribution is 5.85. The predicted octanol–water partition coefficient (Wildman–Crippen LogP) is 3.73. The van der Waals surface area contributed by atoms with Gasteiger partial charge in [0.05, 0.1) is 5.39 Å². The molecule has 0 saturated carbocycles. The number of aromatic hydroxyl groups is 1. The molecule has 1 heterocycles. The van der Waals surface area contributed by atoms with Gasteiger partial charge < -0.3 is 9.52 Å². The normalized spacial score (nSPS) is 12.1. The van der Waals surface area contributed by atoms with E-state index in [0.29, 0.717) is 5.58 Å². The number of hydrogen-bond acceptors (Lipinski definition) is 2. The van der Waals surface area contributed by atoms with Gasteiger partial charge in [0.2, 0.25) is 0 Å². The quantitative estimate of drug-likeness (QED) is 0.749. The lowest BCUT2D eigenvalue weighted by molar-refractivity contribution is 0.464. The second kappa shape index (κ2) is 4.05. The Kier molecular flexibility index (Phi) is 2.59. The van der Waals surface area contributed by atoms with Crippen LogP contribution in [0.2, 0.25) is 0 Å². The van der Waals surface area contributed by atoms with Crippen LogP contribution in [0.4, 0.5) is 0 Å². The van der Waals surface area contributed by atoms with Crippen LogP contribution in [-0.4, -0.2) is 5.11 Å². The molecule has 0 spiro atoms. The number of fused-ring (bicyclic) bond motifs is 1. The molecule has 0 amide bonds. The average molecular weight is 200 g/mol. The van der Waals surface area contributed by atoms with Crippen LogP contribution in [0.15, 0.2) is 47.1 Å². The van der Waals surface area contributed by atoms with Crippen molar-refractivity contribution < 1.29 is 9.52 Å². The van der Waals surface area contributed by atoms with E-state index in [1.807, 2.05) is 49.4 Å². The maximum absolute atomic E-state index is 9.39. The fourth-order valence-electron chi connectivity index (χ4n) is 1.41. The lowest BCUT2D eigenvalue weighted by atomic mass is 10.1. The summed E-state index contributed by atoms with van der Waals surface area (Å²) >= 11 is 0. The lowest BCUT2D eigenvalue weighted by Crippen LogP contribution is -1.70. The first-order valence-corrected chi connectivity index (χ1v) is 4.81. The van der Waals surface area contributed by atoms with E-state index < -0.39 is 0 Å². The summed E-state index contributed by atoms with van der Waals surface area (Å²) in [6, 6.07) is 5.69. The SMILES string of the molecule is CC=CC=Cc1ccc2c(O)coc2c1. The van der Waals surface area contributed by atoms with Crippen molar-refractivity contribution >= 4 is 17.0 Å².